The van der Waals surface area contributed by atoms with E-state index in [1.54, 1.807) is 0 Å². The van der Waals surface area contributed by atoms with Gasteiger partial charge in [0.2, 0.25) is 0 Å². The van der Waals surface area contributed by atoms with Crippen LogP contribution < -0.4 is 0 Å². The zero-order valence-electron chi connectivity index (χ0n) is 11.3. The summed E-state index contributed by atoms with van der Waals surface area (Å²) in [5.74, 6) is -0.202. The number of aliphatic hydroxyl groups is 1. The lowest BCUT2D eigenvalue weighted by Gasteiger charge is -2.34. The molecule has 2 rings (SSSR count). The number of nitrogens with zero attached hydrogens (tertiary/aromatic N) is 1. The van der Waals surface area contributed by atoms with Gasteiger partial charge in [-0.25, -0.2) is 0 Å². The van der Waals surface area contributed by atoms with Gasteiger partial charge in [0, 0.05) is 12.6 Å². The lowest BCUT2D eigenvalue weighted by molar-refractivity contribution is -0.147. The first-order valence-corrected chi connectivity index (χ1v) is 6.77. The van der Waals surface area contributed by atoms with Crippen molar-refractivity contribution in [3.05, 3.63) is 35.9 Å². The summed E-state index contributed by atoms with van der Waals surface area (Å²) < 4.78 is 5.26. The van der Waals surface area contributed by atoms with E-state index in [1.165, 1.54) is 0 Å². The van der Waals surface area contributed by atoms with Gasteiger partial charge in [-0.1, -0.05) is 30.3 Å². The Labute approximate surface area is 114 Å². The highest BCUT2D eigenvalue weighted by Gasteiger charge is 2.25. The van der Waals surface area contributed by atoms with E-state index in [1.807, 2.05) is 37.3 Å². The molecule has 0 spiro atoms. The number of esters is 1. The molecule has 0 aromatic heterocycles. The van der Waals surface area contributed by atoms with Crippen LogP contribution in [-0.4, -0.2) is 41.2 Å². The Hall–Kier alpha value is -1.39. The van der Waals surface area contributed by atoms with Crippen LogP contribution >= 0.6 is 0 Å². The third kappa shape index (κ3) is 4.33. The van der Waals surface area contributed by atoms with E-state index in [4.69, 9.17) is 4.74 Å². The second kappa shape index (κ2) is 6.68. The Morgan fingerprint density at radius 2 is 2.16 bits per heavy atom. The summed E-state index contributed by atoms with van der Waals surface area (Å²) in [6, 6.07) is 9.90. The lowest BCUT2D eigenvalue weighted by atomic mass is 10.0. The van der Waals surface area contributed by atoms with Crippen LogP contribution in [0, 0.1) is 0 Å². The van der Waals surface area contributed by atoms with Crippen molar-refractivity contribution < 1.29 is 14.6 Å². The molecule has 1 aromatic carbocycles. The molecular formula is C15H21NO3. The first kappa shape index (κ1) is 14.0. The fraction of sp³-hybridized carbons (Fsp3) is 0.533. The van der Waals surface area contributed by atoms with Gasteiger partial charge in [0.15, 0.2) is 0 Å². The summed E-state index contributed by atoms with van der Waals surface area (Å²) in [4.78, 5) is 13.9. The Bertz CT molecular complexity index is 407. The second-order valence-corrected chi connectivity index (χ2v) is 5.14. The minimum absolute atomic E-state index is 0.202. The van der Waals surface area contributed by atoms with E-state index in [2.05, 4.69) is 4.90 Å². The maximum atomic E-state index is 11.8. The molecule has 2 atom stereocenters. The molecule has 19 heavy (non-hydrogen) atoms. The maximum absolute atomic E-state index is 11.8. The van der Waals surface area contributed by atoms with Crippen LogP contribution in [0.1, 0.15) is 25.3 Å². The molecule has 1 heterocycles. The summed E-state index contributed by atoms with van der Waals surface area (Å²) in [6.07, 6.45) is 1.23. The molecule has 4 nitrogen and oxygen atoms in total. The first-order chi connectivity index (χ1) is 9.15. The third-order valence-electron chi connectivity index (χ3n) is 3.56. The number of benzene rings is 1. The number of likely N-dealkylation sites (tertiary alicyclic amines) is 1. The smallest absolute Gasteiger partial charge is 0.320 e. The van der Waals surface area contributed by atoms with Gasteiger partial charge in [0.05, 0.1) is 12.6 Å². The predicted octanol–water partition coefficient (Wildman–Crippen LogP) is 1.57. The van der Waals surface area contributed by atoms with Gasteiger partial charge in [0.25, 0.3) is 0 Å². The predicted molar refractivity (Wildman–Crippen MR) is 72.5 cm³/mol. The average molecular weight is 263 g/mol. The fourth-order valence-corrected chi connectivity index (χ4v) is 2.38. The number of hydrogen-bond donors (Lipinski definition) is 1. The summed E-state index contributed by atoms with van der Waals surface area (Å²) in [7, 11) is 0. The molecule has 1 N–H and O–H groups in total. The summed E-state index contributed by atoms with van der Waals surface area (Å²) in [6.45, 7) is 3.42. The van der Waals surface area contributed by atoms with Crippen molar-refractivity contribution in [2.45, 2.75) is 38.5 Å². The quantitative estimate of drug-likeness (QED) is 0.838. The zero-order valence-corrected chi connectivity index (χ0v) is 11.3. The molecule has 2 unspecified atom stereocenters. The molecule has 0 radical (unpaired) electrons. The maximum Gasteiger partial charge on any atom is 0.320 e. The molecule has 1 saturated heterocycles. The second-order valence-electron chi connectivity index (χ2n) is 5.14. The molecule has 1 fully saturated rings. The van der Waals surface area contributed by atoms with Crippen LogP contribution in [-0.2, 0) is 16.1 Å². The van der Waals surface area contributed by atoms with Gasteiger partial charge < -0.3 is 9.84 Å². The molecule has 4 heteroatoms. The molecular weight excluding hydrogens is 242 g/mol. The zero-order chi connectivity index (χ0) is 13.7. The van der Waals surface area contributed by atoms with Gasteiger partial charge in [-0.05, 0) is 25.3 Å². The van der Waals surface area contributed by atoms with Crippen molar-refractivity contribution in [1.82, 2.24) is 4.90 Å². The van der Waals surface area contributed by atoms with Gasteiger partial charge in [-0.2, -0.15) is 0 Å². The van der Waals surface area contributed by atoms with Crippen molar-refractivity contribution in [2.24, 2.45) is 0 Å². The first-order valence-electron chi connectivity index (χ1n) is 6.77. The van der Waals surface area contributed by atoms with E-state index >= 15 is 0 Å². The van der Waals surface area contributed by atoms with E-state index < -0.39 is 0 Å². The minimum Gasteiger partial charge on any atom is -0.460 e. The van der Waals surface area contributed by atoms with Crippen LogP contribution in [0.2, 0.25) is 0 Å². The highest BCUT2D eigenvalue weighted by Crippen LogP contribution is 2.16. The van der Waals surface area contributed by atoms with E-state index in [-0.39, 0.29) is 18.1 Å². The van der Waals surface area contributed by atoms with Crippen molar-refractivity contribution in [1.29, 1.82) is 0 Å². The number of ether oxygens (including phenoxy) is 1. The van der Waals surface area contributed by atoms with Crippen LogP contribution in [0.25, 0.3) is 0 Å². The molecule has 1 aromatic rings. The van der Waals surface area contributed by atoms with Gasteiger partial charge >= 0.3 is 5.97 Å². The van der Waals surface area contributed by atoms with Crippen LogP contribution in [0.4, 0.5) is 0 Å². The summed E-state index contributed by atoms with van der Waals surface area (Å²) in [5, 5.41) is 9.54. The fourth-order valence-electron chi connectivity index (χ4n) is 2.38. The Morgan fingerprint density at radius 3 is 2.84 bits per heavy atom. The van der Waals surface area contributed by atoms with E-state index in [0.29, 0.717) is 13.2 Å². The molecule has 1 aliphatic rings. The Kier molecular flexibility index (Phi) is 4.93. The average Bonchev–Trinajstić information content (AvgIpc) is 2.41. The minimum atomic E-state index is -0.230. The Morgan fingerprint density at radius 1 is 1.42 bits per heavy atom. The monoisotopic (exact) mass is 263 g/mol. The number of carbonyl (C=O) groups is 1. The summed E-state index contributed by atoms with van der Waals surface area (Å²) >= 11 is 0. The van der Waals surface area contributed by atoms with Crippen molar-refractivity contribution >= 4 is 5.97 Å². The topological polar surface area (TPSA) is 49.8 Å². The van der Waals surface area contributed by atoms with Gasteiger partial charge in [-0.15, -0.1) is 0 Å². The number of rotatable bonds is 4. The summed E-state index contributed by atoms with van der Waals surface area (Å²) in [5.41, 5.74) is 0.998. The van der Waals surface area contributed by atoms with Crippen molar-refractivity contribution in [2.75, 3.05) is 13.1 Å². The molecule has 0 aliphatic carbocycles. The molecule has 104 valence electrons. The third-order valence-corrected chi connectivity index (χ3v) is 3.56. The molecule has 1 aliphatic heterocycles. The Balaban J connectivity index is 1.75. The number of carbonyl (C=O) groups excluding carboxylic acids is 1. The SMILES string of the molecule is CC1CC(O)CCN1CC(=O)OCc1ccccc1. The van der Waals surface area contributed by atoms with E-state index in [9.17, 15) is 9.90 Å². The van der Waals surface area contributed by atoms with E-state index in [0.717, 1.165) is 24.9 Å². The standard InChI is InChI=1S/C15H21NO3/c1-12-9-14(17)7-8-16(12)10-15(18)19-11-13-5-3-2-4-6-13/h2-6,12,14,17H,7-11H2,1H3. The number of hydrogen-bond acceptors (Lipinski definition) is 4. The van der Waals surface area contributed by atoms with Gasteiger partial charge in [-0.3, -0.25) is 9.69 Å². The van der Waals surface area contributed by atoms with Gasteiger partial charge in [0.1, 0.15) is 6.61 Å². The lowest BCUT2D eigenvalue weighted by Crippen LogP contribution is -2.45. The molecule has 0 saturated carbocycles. The largest absolute Gasteiger partial charge is 0.460 e. The normalized spacial score (nSPS) is 24.1. The van der Waals surface area contributed by atoms with Crippen LogP contribution in [0.3, 0.4) is 0 Å². The highest BCUT2D eigenvalue weighted by atomic mass is 16.5. The number of aliphatic hydroxyl groups excluding tert-OH is 1. The van der Waals surface area contributed by atoms with Crippen LogP contribution in [0.5, 0.6) is 0 Å². The van der Waals surface area contributed by atoms with Crippen molar-refractivity contribution in [3.63, 3.8) is 0 Å². The molecule has 0 amide bonds. The van der Waals surface area contributed by atoms with Crippen molar-refractivity contribution in [3.8, 4) is 0 Å². The number of piperidine rings is 1. The van der Waals surface area contributed by atoms with Crippen LogP contribution in [0.15, 0.2) is 30.3 Å². The molecule has 0 bridgehead atoms. The highest BCUT2D eigenvalue weighted by molar-refractivity contribution is 5.71.